The highest BCUT2D eigenvalue weighted by Crippen LogP contribution is 2.41. The molecule has 1 amide bonds. The van der Waals surface area contributed by atoms with Gasteiger partial charge in [0, 0.05) is 16.8 Å². The molecule has 3 rings (SSSR count). The SMILES string of the molecule is O=C(O)C1=C(Cl)CCC2/C(=C\c3ccccn3)C(=O)N12. The van der Waals surface area contributed by atoms with E-state index in [9.17, 15) is 9.59 Å². The molecule has 0 bridgehead atoms. The Labute approximate surface area is 120 Å². The number of carbonyl (C=O) groups excluding carboxylic acids is 1. The van der Waals surface area contributed by atoms with Gasteiger partial charge in [-0.2, -0.15) is 0 Å². The fourth-order valence-electron chi connectivity index (χ4n) is 2.55. The van der Waals surface area contributed by atoms with Crippen LogP contribution in [0.5, 0.6) is 0 Å². The summed E-state index contributed by atoms with van der Waals surface area (Å²) in [5.41, 5.74) is 1.19. The molecule has 0 aliphatic carbocycles. The number of pyridine rings is 1. The second-order valence-electron chi connectivity index (χ2n) is 4.64. The van der Waals surface area contributed by atoms with Gasteiger partial charge in [0.1, 0.15) is 5.70 Å². The van der Waals surface area contributed by atoms with Gasteiger partial charge in [0.25, 0.3) is 5.91 Å². The number of β-lactam (4-membered cyclic amide) rings is 1. The first-order valence-corrected chi connectivity index (χ1v) is 6.55. The average molecular weight is 291 g/mol. The molecule has 1 aromatic rings. The van der Waals surface area contributed by atoms with E-state index in [1.54, 1.807) is 24.4 Å². The van der Waals surface area contributed by atoms with Crippen LogP contribution >= 0.6 is 11.6 Å². The molecule has 0 radical (unpaired) electrons. The minimum Gasteiger partial charge on any atom is -0.477 e. The third-order valence-corrected chi connectivity index (χ3v) is 3.83. The molecule has 0 saturated carbocycles. The standard InChI is InChI=1S/C14H11ClN2O3/c15-10-4-5-11-9(7-8-3-1-2-6-16-8)13(18)17(11)12(10)14(19)20/h1-3,6-7,11H,4-5H2,(H,19,20)/b9-7+. The van der Waals surface area contributed by atoms with Crippen LogP contribution in [0.1, 0.15) is 18.5 Å². The molecule has 1 aromatic heterocycles. The van der Waals surface area contributed by atoms with Crippen molar-refractivity contribution in [1.82, 2.24) is 9.88 Å². The summed E-state index contributed by atoms with van der Waals surface area (Å²) in [4.78, 5) is 28.7. The topological polar surface area (TPSA) is 70.5 Å². The Morgan fingerprint density at radius 3 is 2.95 bits per heavy atom. The quantitative estimate of drug-likeness (QED) is 0.668. The molecule has 6 heteroatoms. The number of hydrogen-bond acceptors (Lipinski definition) is 3. The van der Waals surface area contributed by atoms with E-state index in [4.69, 9.17) is 16.7 Å². The van der Waals surface area contributed by atoms with Gasteiger partial charge in [0.05, 0.1) is 11.7 Å². The maximum atomic E-state index is 12.1. The van der Waals surface area contributed by atoms with Crippen LogP contribution in [-0.2, 0) is 9.59 Å². The predicted octanol–water partition coefficient (Wildman–Crippen LogP) is 2.00. The molecule has 2 aliphatic rings. The van der Waals surface area contributed by atoms with Crippen molar-refractivity contribution in [3.05, 3.63) is 46.4 Å². The van der Waals surface area contributed by atoms with E-state index in [1.165, 1.54) is 4.90 Å². The highest BCUT2D eigenvalue weighted by Gasteiger charge is 2.48. The number of carboxylic acid groups (broad SMARTS) is 1. The monoisotopic (exact) mass is 290 g/mol. The van der Waals surface area contributed by atoms with Crippen molar-refractivity contribution in [2.45, 2.75) is 18.9 Å². The highest BCUT2D eigenvalue weighted by atomic mass is 35.5. The van der Waals surface area contributed by atoms with E-state index >= 15 is 0 Å². The van der Waals surface area contributed by atoms with Crippen LogP contribution in [0, 0.1) is 0 Å². The molecule has 1 unspecified atom stereocenters. The second kappa shape index (κ2) is 4.76. The smallest absolute Gasteiger partial charge is 0.353 e. The summed E-state index contributed by atoms with van der Waals surface area (Å²) in [6, 6.07) is 5.22. The zero-order chi connectivity index (χ0) is 14.3. The zero-order valence-corrected chi connectivity index (χ0v) is 11.2. The summed E-state index contributed by atoms with van der Waals surface area (Å²) < 4.78 is 0. The summed E-state index contributed by atoms with van der Waals surface area (Å²) in [7, 11) is 0. The summed E-state index contributed by atoms with van der Waals surface area (Å²) >= 11 is 5.92. The van der Waals surface area contributed by atoms with E-state index in [0.717, 1.165) is 0 Å². The van der Waals surface area contributed by atoms with Gasteiger partial charge in [0.2, 0.25) is 0 Å². The van der Waals surface area contributed by atoms with Crippen LogP contribution in [-0.4, -0.2) is 32.9 Å². The van der Waals surface area contributed by atoms with Crippen molar-refractivity contribution in [3.63, 3.8) is 0 Å². The van der Waals surface area contributed by atoms with Gasteiger partial charge >= 0.3 is 5.97 Å². The molecule has 1 saturated heterocycles. The maximum Gasteiger partial charge on any atom is 0.353 e. The van der Waals surface area contributed by atoms with E-state index in [0.29, 0.717) is 24.1 Å². The van der Waals surface area contributed by atoms with E-state index < -0.39 is 5.97 Å². The molecule has 0 spiro atoms. The van der Waals surface area contributed by atoms with Crippen molar-refractivity contribution < 1.29 is 14.7 Å². The molecule has 20 heavy (non-hydrogen) atoms. The van der Waals surface area contributed by atoms with Crippen LogP contribution < -0.4 is 0 Å². The normalized spacial score (nSPS) is 23.6. The minimum absolute atomic E-state index is 0.0916. The number of hydrogen-bond donors (Lipinski definition) is 1. The number of aliphatic carboxylic acids is 1. The Hall–Kier alpha value is -2.14. The third-order valence-electron chi connectivity index (χ3n) is 3.47. The fourth-order valence-corrected chi connectivity index (χ4v) is 2.83. The van der Waals surface area contributed by atoms with Crippen LogP contribution in [0.15, 0.2) is 40.7 Å². The molecule has 102 valence electrons. The molecular formula is C14H11ClN2O3. The summed E-state index contributed by atoms with van der Waals surface area (Å²) in [6.45, 7) is 0. The first-order chi connectivity index (χ1) is 9.59. The van der Waals surface area contributed by atoms with Crippen molar-refractivity contribution in [2.75, 3.05) is 0 Å². The molecule has 1 N–H and O–H groups in total. The highest BCUT2D eigenvalue weighted by molar-refractivity contribution is 6.32. The van der Waals surface area contributed by atoms with E-state index in [1.807, 2.05) is 6.07 Å². The predicted molar refractivity (Wildman–Crippen MR) is 72.6 cm³/mol. The molecule has 2 aliphatic heterocycles. The zero-order valence-electron chi connectivity index (χ0n) is 10.4. The Balaban J connectivity index is 1.94. The number of allylic oxidation sites excluding steroid dienone is 1. The minimum atomic E-state index is -1.16. The Morgan fingerprint density at radius 2 is 2.30 bits per heavy atom. The number of halogens is 1. The number of amides is 1. The van der Waals surface area contributed by atoms with E-state index in [2.05, 4.69) is 4.98 Å². The lowest BCUT2D eigenvalue weighted by Crippen LogP contribution is -2.57. The second-order valence-corrected chi connectivity index (χ2v) is 5.10. The lowest BCUT2D eigenvalue weighted by atomic mass is 9.85. The van der Waals surface area contributed by atoms with Gasteiger partial charge in [-0.05, 0) is 31.1 Å². The van der Waals surface area contributed by atoms with Crippen LogP contribution in [0.4, 0.5) is 0 Å². The van der Waals surface area contributed by atoms with Crippen molar-refractivity contribution in [2.24, 2.45) is 0 Å². The number of carboxylic acids is 1. The molecule has 1 atom stereocenters. The van der Waals surface area contributed by atoms with Crippen LogP contribution in [0.3, 0.4) is 0 Å². The number of carbonyl (C=O) groups is 2. The Bertz CT molecular complexity index is 652. The molecule has 3 heterocycles. The van der Waals surface area contributed by atoms with Crippen molar-refractivity contribution >= 4 is 29.6 Å². The largest absolute Gasteiger partial charge is 0.477 e. The summed E-state index contributed by atoms with van der Waals surface area (Å²) in [5, 5.41) is 9.39. The lowest BCUT2D eigenvalue weighted by molar-refractivity contribution is -0.144. The van der Waals surface area contributed by atoms with Crippen LogP contribution in [0.2, 0.25) is 0 Å². The first-order valence-electron chi connectivity index (χ1n) is 6.17. The Morgan fingerprint density at radius 1 is 1.50 bits per heavy atom. The molecular weight excluding hydrogens is 280 g/mol. The first kappa shape index (κ1) is 12.9. The third kappa shape index (κ3) is 1.91. The van der Waals surface area contributed by atoms with Gasteiger partial charge in [0.15, 0.2) is 0 Å². The van der Waals surface area contributed by atoms with Gasteiger partial charge in [-0.1, -0.05) is 17.7 Å². The number of nitrogens with zero attached hydrogens (tertiary/aromatic N) is 2. The molecule has 0 aromatic carbocycles. The number of fused-ring (bicyclic) bond motifs is 1. The molecule has 1 fully saturated rings. The van der Waals surface area contributed by atoms with Gasteiger partial charge < -0.3 is 5.11 Å². The average Bonchev–Trinajstić information content (AvgIpc) is 2.45. The summed E-state index contributed by atoms with van der Waals surface area (Å²) in [6.07, 6.45) is 4.47. The molecule has 5 nitrogen and oxygen atoms in total. The van der Waals surface area contributed by atoms with Crippen LogP contribution in [0.25, 0.3) is 6.08 Å². The maximum absolute atomic E-state index is 12.1. The number of aromatic nitrogens is 1. The lowest BCUT2D eigenvalue weighted by Gasteiger charge is -2.45. The van der Waals surface area contributed by atoms with Crippen molar-refractivity contribution in [1.29, 1.82) is 0 Å². The van der Waals surface area contributed by atoms with E-state index in [-0.39, 0.29) is 22.7 Å². The Kier molecular flexibility index (Phi) is 3.06. The summed E-state index contributed by atoms with van der Waals surface area (Å²) in [5.74, 6) is -1.47. The van der Waals surface area contributed by atoms with Gasteiger partial charge in [-0.25, -0.2) is 4.79 Å². The van der Waals surface area contributed by atoms with Crippen molar-refractivity contribution in [3.8, 4) is 0 Å². The fraction of sp³-hybridized carbons (Fsp3) is 0.214. The van der Waals surface area contributed by atoms with Gasteiger partial charge in [-0.15, -0.1) is 0 Å². The van der Waals surface area contributed by atoms with Gasteiger partial charge in [-0.3, -0.25) is 14.7 Å². The number of rotatable bonds is 2.